The third-order valence-electron chi connectivity index (χ3n) is 2.44. The first-order chi connectivity index (χ1) is 6.73. The summed E-state index contributed by atoms with van der Waals surface area (Å²) < 4.78 is 0. The molecule has 2 heteroatoms. The van der Waals surface area contributed by atoms with Crippen molar-refractivity contribution in [3.05, 3.63) is 34.4 Å². The fraction of sp³-hybridized carbons (Fsp3) is 0.462. The first kappa shape index (κ1) is 12.3. The third kappa shape index (κ3) is 2.60. The summed E-state index contributed by atoms with van der Waals surface area (Å²) in [6, 6.07) is 4.03. The summed E-state index contributed by atoms with van der Waals surface area (Å²) in [5.41, 5.74) is 3.95. The highest BCUT2D eigenvalue weighted by Gasteiger charge is 2.27. The van der Waals surface area contributed by atoms with Crippen molar-refractivity contribution in [2.75, 3.05) is 0 Å². The molecular weight excluding hydrogens is 208 g/mol. The van der Waals surface area contributed by atoms with Crippen LogP contribution < -0.4 is 0 Å². The Morgan fingerprint density at radius 2 is 1.53 bits per heavy atom. The maximum absolute atomic E-state index is 12.1. The predicted molar refractivity (Wildman–Crippen MR) is 64.9 cm³/mol. The van der Waals surface area contributed by atoms with Gasteiger partial charge in [0.1, 0.15) is 4.87 Å². The molecule has 0 spiro atoms. The number of ketones is 1. The molecule has 0 N–H and O–H groups in total. The van der Waals surface area contributed by atoms with E-state index in [-0.39, 0.29) is 5.78 Å². The van der Waals surface area contributed by atoms with Crippen molar-refractivity contribution in [3.8, 4) is 0 Å². The Bertz CT molecular complexity index is 376. The Hall–Kier alpha value is -0.820. The second-order valence-electron chi connectivity index (χ2n) is 4.58. The molecule has 0 unspecified atom stereocenters. The molecule has 0 aliphatic heterocycles. The molecule has 0 atom stereocenters. The second-order valence-corrected chi connectivity index (χ2v) is 5.52. The smallest absolute Gasteiger partial charge is 0.183 e. The largest absolute Gasteiger partial charge is 0.292 e. The lowest BCUT2D eigenvalue weighted by Gasteiger charge is -2.18. The van der Waals surface area contributed by atoms with Gasteiger partial charge in [-0.3, -0.25) is 4.79 Å². The molecule has 0 aromatic heterocycles. The van der Waals surface area contributed by atoms with E-state index in [2.05, 4.69) is 0 Å². The maximum Gasteiger partial charge on any atom is 0.183 e. The van der Waals surface area contributed by atoms with E-state index in [0.717, 1.165) is 16.7 Å². The molecule has 0 aliphatic rings. The molecule has 0 aliphatic carbocycles. The van der Waals surface area contributed by atoms with Crippen LogP contribution in [-0.4, -0.2) is 10.7 Å². The van der Waals surface area contributed by atoms with E-state index in [1.165, 1.54) is 5.56 Å². The summed E-state index contributed by atoms with van der Waals surface area (Å²) in [5, 5.41) is 0. The van der Waals surface area contributed by atoms with Gasteiger partial charge in [0.05, 0.1) is 0 Å². The monoisotopic (exact) mass is 224 g/mol. The van der Waals surface area contributed by atoms with Gasteiger partial charge in [-0.1, -0.05) is 17.7 Å². The summed E-state index contributed by atoms with van der Waals surface area (Å²) in [5.74, 6) is -0.000772. The van der Waals surface area contributed by atoms with E-state index in [1.54, 1.807) is 13.8 Å². The molecule has 0 saturated heterocycles. The van der Waals surface area contributed by atoms with Crippen molar-refractivity contribution in [1.29, 1.82) is 0 Å². The first-order valence-corrected chi connectivity index (χ1v) is 5.43. The zero-order valence-corrected chi connectivity index (χ0v) is 10.7. The van der Waals surface area contributed by atoms with Crippen molar-refractivity contribution in [2.24, 2.45) is 0 Å². The van der Waals surface area contributed by atoms with Crippen LogP contribution in [0, 0.1) is 20.8 Å². The van der Waals surface area contributed by atoms with Crippen LogP contribution in [0.15, 0.2) is 12.1 Å². The molecule has 82 valence electrons. The fourth-order valence-electron chi connectivity index (χ4n) is 1.84. The van der Waals surface area contributed by atoms with Crippen LogP contribution in [0.4, 0.5) is 0 Å². The molecule has 0 bridgehead atoms. The number of carbonyl (C=O) groups is 1. The fourth-order valence-corrected chi connectivity index (χ4v) is 1.93. The van der Waals surface area contributed by atoms with E-state index in [1.807, 2.05) is 32.9 Å². The number of rotatable bonds is 2. The van der Waals surface area contributed by atoms with Crippen LogP contribution >= 0.6 is 11.6 Å². The van der Waals surface area contributed by atoms with Gasteiger partial charge in [0.25, 0.3) is 0 Å². The predicted octanol–water partition coefficient (Wildman–Crippen LogP) is 3.81. The van der Waals surface area contributed by atoms with Crippen molar-refractivity contribution in [3.63, 3.8) is 0 Å². The first-order valence-electron chi connectivity index (χ1n) is 5.05. The quantitative estimate of drug-likeness (QED) is 0.552. The highest BCUT2D eigenvalue weighted by atomic mass is 35.5. The normalized spacial score (nSPS) is 11.6. The number of halogens is 1. The SMILES string of the molecule is Cc1cc(C)c(C(=O)C(C)(C)Cl)c(C)c1. The molecule has 15 heavy (non-hydrogen) atoms. The Labute approximate surface area is 96.5 Å². The zero-order valence-electron chi connectivity index (χ0n) is 9.94. The second kappa shape index (κ2) is 3.97. The van der Waals surface area contributed by atoms with Crippen LogP contribution in [0.3, 0.4) is 0 Å². The molecular formula is C13H17ClO. The average Bonchev–Trinajstić information content (AvgIpc) is 1.99. The van der Waals surface area contributed by atoms with E-state index >= 15 is 0 Å². The number of aryl methyl sites for hydroxylation is 3. The Morgan fingerprint density at radius 3 is 1.87 bits per heavy atom. The van der Waals surface area contributed by atoms with Gasteiger partial charge in [-0.15, -0.1) is 11.6 Å². The number of carbonyl (C=O) groups excluding carboxylic acids is 1. The number of hydrogen-bond donors (Lipinski definition) is 0. The van der Waals surface area contributed by atoms with Gasteiger partial charge < -0.3 is 0 Å². The van der Waals surface area contributed by atoms with Gasteiger partial charge in [-0.05, 0) is 45.7 Å². The van der Waals surface area contributed by atoms with Crippen LogP contribution in [0.1, 0.15) is 40.9 Å². The van der Waals surface area contributed by atoms with Crippen molar-refractivity contribution >= 4 is 17.4 Å². The van der Waals surface area contributed by atoms with Crippen LogP contribution in [0.2, 0.25) is 0 Å². The van der Waals surface area contributed by atoms with Gasteiger partial charge in [0.2, 0.25) is 0 Å². The van der Waals surface area contributed by atoms with Crippen molar-refractivity contribution in [1.82, 2.24) is 0 Å². The summed E-state index contributed by atoms with van der Waals surface area (Å²) in [4.78, 5) is 11.3. The minimum Gasteiger partial charge on any atom is -0.292 e. The minimum atomic E-state index is -0.829. The topological polar surface area (TPSA) is 17.1 Å². The van der Waals surface area contributed by atoms with Gasteiger partial charge in [-0.2, -0.15) is 0 Å². The lowest BCUT2D eigenvalue weighted by molar-refractivity contribution is 0.0953. The minimum absolute atomic E-state index is 0.000772. The molecule has 0 saturated carbocycles. The van der Waals surface area contributed by atoms with E-state index in [4.69, 9.17) is 11.6 Å². The van der Waals surface area contributed by atoms with E-state index < -0.39 is 4.87 Å². The molecule has 0 amide bonds. The van der Waals surface area contributed by atoms with E-state index in [0.29, 0.717) is 0 Å². The summed E-state index contributed by atoms with van der Waals surface area (Å²) in [7, 11) is 0. The van der Waals surface area contributed by atoms with Crippen LogP contribution in [-0.2, 0) is 0 Å². The molecule has 0 fully saturated rings. The summed E-state index contributed by atoms with van der Waals surface area (Å²) >= 11 is 6.05. The lowest BCUT2D eigenvalue weighted by Crippen LogP contribution is -2.26. The summed E-state index contributed by atoms with van der Waals surface area (Å²) in [6.45, 7) is 9.40. The Morgan fingerprint density at radius 1 is 1.13 bits per heavy atom. The number of alkyl halides is 1. The highest BCUT2D eigenvalue weighted by molar-refractivity contribution is 6.37. The van der Waals surface area contributed by atoms with Crippen LogP contribution in [0.25, 0.3) is 0 Å². The highest BCUT2D eigenvalue weighted by Crippen LogP contribution is 2.25. The third-order valence-corrected chi connectivity index (χ3v) is 2.62. The van der Waals surface area contributed by atoms with Crippen molar-refractivity contribution < 1.29 is 4.79 Å². The zero-order chi connectivity index (χ0) is 11.8. The maximum atomic E-state index is 12.1. The number of benzene rings is 1. The Balaban J connectivity index is 3.33. The number of Topliss-reactive ketones (excluding diaryl/α,β-unsaturated/α-hetero) is 1. The molecule has 1 rings (SSSR count). The Kier molecular flexibility index (Phi) is 3.25. The van der Waals surface area contributed by atoms with Gasteiger partial charge >= 0.3 is 0 Å². The molecule has 1 aromatic carbocycles. The number of hydrogen-bond acceptors (Lipinski definition) is 1. The van der Waals surface area contributed by atoms with Gasteiger partial charge in [-0.25, -0.2) is 0 Å². The molecule has 1 aromatic rings. The average molecular weight is 225 g/mol. The van der Waals surface area contributed by atoms with Gasteiger partial charge in [0.15, 0.2) is 5.78 Å². The lowest BCUT2D eigenvalue weighted by atomic mass is 9.91. The van der Waals surface area contributed by atoms with Crippen LogP contribution in [0.5, 0.6) is 0 Å². The van der Waals surface area contributed by atoms with E-state index in [9.17, 15) is 4.79 Å². The molecule has 0 radical (unpaired) electrons. The van der Waals surface area contributed by atoms with Crippen molar-refractivity contribution in [2.45, 2.75) is 39.5 Å². The standard InChI is InChI=1S/C13H17ClO/c1-8-6-9(2)11(10(3)7-8)12(15)13(4,5)14/h6-7H,1-5H3. The van der Waals surface area contributed by atoms with Gasteiger partial charge in [0, 0.05) is 5.56 Å². The summed E-state index contributed by atoms with van der Waals surface area (Å²) in [6.07, 6.45) is 0. The molecule has 1 nitrogen and oxygen atoms in total. The molecule has 0 heterocycles.